The largest absolute Gasteiger partial charge is 0.493 e. The van der Waals surface area contributed by atoms with Gasteiger partial charge in [-0.3, -0.25) is 0 Å². The fourth-order valence-electron chi connectivity index (χ4n) is 1.77. The quantitative estimate of drug-likeness (QED) is 0.518. The van der Waals surface area contributed by atoms with Gasteiger partial charge in [-0.1, -0.05) is 30.3 Å². The molecule has 0 aliphatic heterocycles. The molecule has 0 aliphatic carbocycles. The van der Waals surface area contributed by atoms with Crippen molar-refractivity contribution in [2.75, 3.05) is 7.11 Å². The van der Waals surface area contributed by atoms with Crippen molar-refractivity contribution in [1.29, 1.82) is 0 Å². The third-order valence-electron chi connectivity index (χ3n) is 2.70. The van der Waals surface area contributed by atoms with E-state index in [1.807, 2.05) is 42.5 Å². The molecule has 0 saturated heterocycles. The van der Waals surface area contributed by atoms with E-state index in [0.29, 0.717) is 18.1 Å². The molecule has 2 rings (SSSR count). The van der Waals surface area contributed by atoms with Crippen LogP contribution in [0.5, 0.6) is 11.5 Å². The van der Waals surface area contributed by atoms with Crippen LogP contribution in [0.4, 0.5) is 0 Å². The average Bonchev–Trinajstić information content (AvgIpc) is 2.47. The number of nitrogens with zero attached hydrogens (tertiary/aromatic N) is 1. The van der Waals surface area contributed by atoms with Gasteiger partial charge in [0.05, 0.1) is 17.8 Å². The van der Waals surface area contributed by atoms with E-state index in [9.17, 15) is 0 Å². The van der Waals surface area contributed by atoms with Gasteiger partial charge in [-0.2, -0.15) is 5.10 Å². The summed E-state index contributed by atoms with van der Waals surface area (Å²) in [6.07, 6.45) is 1.55. The second-order valence-corrected chi connectivity index (χ2v) is 4.94. The topological polar surface area (TPSA) is 56.8 Å². The second kappa shape index (κ2) is 6.96. The number of hydrazone groups is 1. The third-order valence-corrected chi connectivity index (χ3v) is 3.29. The first kappa shape index (κ1) is 14.4. The molecule has 0 unspecified atom stereocenters. The van der Waals surface area contributed by atoms with Crippen LogP contribution in [0.25, 0.3) is 0 Å². The van der Waals surface area contributed by atoms with Gasteiger partial charge in [-0.15, -0.1) is 0 Å². The molecule has 0 fully saturated rings. The minimum absolute atomic E-state index is 0.472. The molecule has 0 radical (unpaired) electrons. The van der Waals surface area contributed by atoms with Gasteiger partial charge in [-0.25, -0.2) is 0 Å². The summed E-state index contributed by atoms with van der Waals surface area (Å²) >= 11 is 3.47. The van der Waals surface area contributed by atoms with Crippen LogP contribution in [0.3, 0.4) is 0 Å². The van der Waals surface area contributed by atoms with Crippen LogP contribution in [-0.4, -0.2) is 13.3 Å². The number of rotatable bonds is 5. The number of hydrogen-bond acceptors (Lipinski definition) is 4. The van der Waals surface area contributed by atoms with E-state index in [1.165, 1.54) is 0 Å². The molecule has 0 atom stereocenters. The van der Waals surface area contributed by atoms with E-state index in [2.05, 4.69) is 21.0 Å². The summed E-state index contributed by atoms with van der Waals surface area (Å²) in [6.45, 7) is 0.472. The molecule has 0 spiro atoms. The Kier molecular flexibility index (Phi) is 5.01. The highest BCUT2D eigenvalue weighted by atomic mass is 79.9. The van der Waals surface area contributed by atoms with Crippen LogP contribution in [0.2, 0.25) is 0 Å². The highest BCUT2D eigenvalue weighted by Gasteiger charge is 2.11. The Bertz CT molecular complexity index is 600. The maximum absolute atomic E-state index is 5.83. The minimum Gasteiger partial charge on any atom is -0.493 e. The minimum atomic E-state index is 0.472. The fraction of sp³-hybridized carbons (Fsp3) is 0.133. The Labute approximate surface area is 126 Å². The Morgan fingerprint density at radius 3 is 2.65 bits per heavy atom. The summed E-state index contributed by atoms with van der Waals surface area (Å²) in [4.78, 5) is 0. The summed E-state index contributed by atoms with van der Waals surface area (Å²) in [5, 5.41) is 3.50. The lowest BCUT2D eigenvalue weighted by molar-refractivity contribution is 0.282. The molecule has 0 amide bonds. The van der Waals surface area contributed by atoms with Gasteiger partial charge >= 0.3 is 0 Å². The Morgan fingerprint density at radius 2 is 2.00 bits per heavy atom. The lowest BCUT2D eigenvalue weighted by Gasteiger charge is -2.13. The van der Waals surface area contributed by atoms with Crippen molar-refractivity contribution in [3.8, 4) is 11.5 Å². The molecular formula is C15H15BrN2O2. The number of halogens is 1. The van der Waals surface area contributed by atoms with E-state index in [1.54, 1.807) is 13.3 Å². The van der Waals surface area contributed by atoms with Crippen molar-refractivity contribution in [2.24, 2.45) is 10.9 Å². The van der Waals surface area contributed by atoms with E-state index in [-0.39, 0.29) is 0 Å². The van der Waals surface area contributed by atoms with Crippen LogP contribution in [0, 0.1) is 0 Å². The number of hydrogen-bond donors (Lipinski definition) is 1. The lowest BCUT2D eigenvalue weighted by atomic mass is 10.2. The summed E-state index contributed by atoms with van der Waals surface area (Å²) < 4.78 is 12.0. The monoisotopic (exact) mass is 334 g/mol. The van der Waals surface area contributed by atoms with Gasteiger partial charge in [-0.05, 0) is 39.2 Å². The predicted octanol–water partition coefficient (Wildman–Crippen LogP) is 3.33. The normalized spacial score (nSPS) is 10.7. The molecule has 2 aromatic rings. The predicted molar refractivity (Wildman–Crippen MR) is 83.2 cm³/mol. The van der Waals surface area contributed by atoms with Gasteiger partial charge in [0.1, 0.15) is 6.61 Å². The second-order valence-electron chi connectivity index (χ2n) is 4.09. The highest BCUT2D eigenvalue weighted by Crippen LogP contribution is 2.36. The van der Waals surface area contributed by atoms with Crippen LogP contribution in [0.1, 0.15) is 11.1 Å². The first-order chi connectivity index (χ1) is 9.74. The zero-order chi connectivity index (χ0) is 14.4. The lowest BCUT2D eigenvalue weighted by Crippen LogP contribution is -1.99. The zero-order valence-electron chi connectivity index (χ0n) is 11.0. The molecule has 104 valence electrons. The van der Waals surface area contributed by atoms with Crippen LogP contribution >= 0.6 is 15.9 Å². The van der Waals surface area contributed by atoms with Crippen molar-refractivity contribution in [3.05, 3.63) is 58.1 Å². The molecule has 2 aromatic carbocycles. The van der Waals surface area contributed by atoms with E-state index in [0.717, 1.165) is 15.6 Å². The molecule has 4 nitrogen and oxygen atoms in total. The molecule has 2 N–H and O–H groups in total. The molecular weight excluding hydrogens is 320 g/mol. The van der Waals surface area contributed by atoms with Gasteiger partial charge in [0.15, 0.2) is 11.5 Å². The number of benzene rings is 2. The molecule has 0 bridgehead atoms. The third kappa shape index (κ3) is 3.51. The number of ether oxygens (including phenoxy) is 2. The maximum Gasteiger partial charge on any atom is 0.175 e. The molecule has 0 aromatic heterocycles. The van der Waals surface area contributed by atoms with Crippen molar-refractivity contribution in [1.82, 2.24) is 0 Å². The fourth-order valence-corrected chi connectivity index (χ4v) is 2.34. The van der Waals surface area contributed by atoms with E-state index >= 15 is 0 Å². The van der Waals surface area contributed by atoms with Gasteiger partial charge in [0.2, 0.25) is 0 Å². The molecule has 5 heteroatoms. The summed E-state index contributed by atoms with van der Waals surface area (Å²) in [7, 11) is 1.60. The van der Waals surface area contributed by atoms with Crippen LogP contribution < -0.4 is 15.3 Å². The standard InChI is InChI=1S/C15H15BrN2O2/c1-19-14-8-12(9-18-17)7-13(16)15(14)20-10-11-5-3-2-4-6-11/h2-9H,10,17H2,1H3/b18-9-. The van der Waals surface area contributed by atoms with Gasteiger partial charge < -0.3 is 15.3 Å². The Hall–Kier alpha value is -2.01. The molecule has 0 saturated carbocycles. The highest BCUT2D eigenvalue weighted by molar-refractivity contribution is 9.10. The number of methoxy groups -OCH3 is 1. The van der Waals surface area contributed by atoms with Crippen molar-refractivity contribution >= 4 is 22.1 Å². The van der Waals surface area contributed by atoms with Gasteiger partial charge in [0.25, 0.3) is 0 Å². The summed E-state index contributed by atoms with van der Waals surface area (Å²) in [5.74, 6) is 6.44. The molecule has 20 heavy (non-hydrogen) atoms. The van der Waals surface area contributed by atoms with Crippen LogP contribution in [0.15, 0.2) is 52.0 Å². The molecule has 0 aliphatic rings. The SMILES string of the molecule is COc1cc(/C=N\N)cc(Br)c1OCc1ccccc1. The Balaban J connectivity index is 2.22. The van der Waals surface area contributed by atoms with Crippen molar-refractivity contribution in [3.63, 3.8) is 0 Å². The number of nitrogens with two attached hydrogens (primary N) is 1. The van der Waals surface area contributed by atoms with Crippen LogP contribution in [-0.2, 0) is 6.61 Å². The van der Waals surface area contributed by atoms with E-state index < -0.39 is 0 Å². The smallest absolute Gasteiger partial charge is 0.175 e. The summed E-state index contributed by atoms with van der Waals surface area (Å²) in [6, 6.07) is 13.6. The Morgan fingerprint density at radius 1 is 1.25 bits per heavy atom. The molecule has 0 heterocycles. The van der Waals surface area contributed by atoms with Crippen molar-refractivity contribution in [2.45, 2.75) is 6.61 Å². The van der Waals surface area contributed by atoms with Crippen molar-refractivity contribution < 1.29 is 9.47 Å². The zero-order valence-corrected chi connectivity index (χ0v) is 12.6. The maximum atomic E-state index is 5.83. The first-order valence-corrected chi connectivity index (χ1v) is 6.81. The average molecular weight is 335 g/mol. The van der Waals surface area contributed by atoms with Gasteiger partial charge in [0, 0.05) is 0 Å². The first-order valence-electron chi connectivity index (χ1n) is 6.02. The summed E-state index contributed by atoms with van der Waals surface area (Å²) in [5.41, 5.74) is 1.93. The van der Waals surface area contributed by atoms with E-state index in [4.69, 9.17) is 15.3 Å².